The van der Waals surface area contributed by atoms with Crippen molar-refractivity contribution in [2.45, 2.75) is 69.0 Å². The smallest absolute Gasteiger partial charge is 0.264 e. The monoisotopic (exact) mass is 641 g/mol. The van der Waals surface area contributed by atoms with Gasteiger partial charge in [-0.15, -0.1) is 0 Å². The third-order valence-corrected chi connectivity index (χ3v) is 10.2. The van der Waals surface area contributed by atoms with E-state index in [-0.39, 0.29) is 35.4 Å². The second-order valence-electron chi connectivity index (χ2n) is 11.8. The Balaban J connectivity index is 1.56. The van der Waals surface area contributed by atoms with Gasteiger partial charge in [-0.3, -0.25) is 13.9 Å². The Labute approximate surface area is 271 Å². The number of hydrogen-bond donors (Lipinski definition) is 1. The molecule has 2 amide bonds. The van der Waals surface area contributed by atoms with Crippen LogP contribution in [0.5, 0.6) is 0 Å². The normalized spacial score (nSPS) is 14.3. The van der Waals surface area contributed by atoms with Crippen molar-refractivity contribution in [3.05, 3.63) is 132 Å². The molecule has 0 aliphatic heterocycles. The first kappa shape index (κ1) is 32.9. The van der Waals surface area contributed by atoms with Crippen LogP contribution in [0.25, 0.3) is 0 Å². The van der Waals surface area contributed by atoms with Gasteiger partial charge in [0, 0.05) is 24.6 Å². The summed E-state index contributed by atoms with van der Waals surface area (Å²) in [6, 6.07) is 29.3. The Morgan fingerprint density at radius 3 is 2.17 bits per heavy atom. The number of carbonyl (C=O) groups is 2. The lowest BCUT2D eigenvalue weighted by Gasteiger charge is -2.35. The van der Waals surface area contributed by atoms with E-state index in [4.69, 9.17) is 0 Å². The first-order chi connectivity index (χ1) is 22.2. The van der Waals surface area contributed by atoms with Crippen LogP contribution in [0.3, 0.4) is 0 Å². The maximum absolute atomic E-state index is 15.1. The van der Waals surface area contributed by atoms with E-state index in [1.807, 2.05) is 43.3 Å². The predicted molar refractivity (Wildman–Crippen MR) is 178 cm³/mol. The van der Waals surface area contributed by atoms with Crippen LogP contribution in [0.1, 0.15) is 48.8 Å². The van der Waals surface area contributed by atoms with E-state index in [0.717, 1.165) is 47.5 Å². The molecule has 9 heteroatoms. The number of carbonyl (C=O) groups excluding carboxylic acids is 2. The third-order valence-electron chi connectivity index (χ3n) is 8.42. The summed E-state index contributed by atoms with van der Waals surface area (Å²) in [7, 11) is -4.20. The topological polar surface area (TPSA) is 86.8 Å². The summed E-state index contributed by atoms with van der Waals surface area (Å²) in [6.07, 6.45) is 5.00. The van der Waals surface area contributed by atoms with Gasteiger partial charge in [-0.25, -0.2) is 12.8 Å². The zero-order chi connectivity index (χ0) is 32.5. The van der Waals surface area contributed by atoms with Crippen LogP contribution in [-0.2, 0) is 32.6 Å². The molecule has 0 radical (unpaired) electrons. The van der Waals surface area contributed by atoms with Gasteiger partial charge < -0.3 is 10.2 Å². The Morgan fingerprint density at radius 2 is 1.50 bits per heavy atom. The van der Waals surface area contributed by atoms with E-state index < -0.39 is 34.3 Å². The van der Waals surface area contributed by atoms with Crippen LogP contribution in [0.4, 0.5) is 10.1 Å². The van der Waals surface area contributed by atoms with E-state index in [2.05, 4.69) is 5.32 Å². The number of anilines is 1. The SMILES string of the molecule is Cc1cccc(N(CC(=O)N(Cc2ccccc2F)[C@@H](Cc2ccccc2)C(=O)NC2CCCCC2)S(=O)(=O)c2ccccc2)c1. The number of sulfonamides is 1. The number of benzene rings is 4. The van der Waals surface area contributed by atoms with Gasteiger partial charge in [0.05, 0.1) is 10.6 Å². The number of rotatable bonds is 12. The van der Waals surface area contributed by atoms with Crippen molar-refractivity contribution in [3.63, 3.8) is 0 Å². The number of aryl methyl sites for hydroxylation is 1. The van der Waals surface area contributed by atoms with Gasteiger partial charge in [0.2, 0.25) is 11.8 Å². The summed E-state index contributed by atoms with van der Waals surface area (Å²) in [5.74, 6) is -1.48. The molecule has 4 aromatic rings. The zero-order valence-electron chi connectivity index (χ0n) is 26.0. The standard InChI is InChI=1S/C37H40FN3O4S/c1-28-14-13-20-32(24-28)41(46(44,45)33-21-9-4-10-22-33)27-36(42)40(26-30-17-11-12-23-34(30)38)35(25-29-15-5-2-6-16-29)37(43)39-31-18-7-3-8-19-31/h2,4-6,9-17,20-24,31,35H,3,7-8,18-19,25-27H2,1H3,(H,39,43)/t35-/m0/s1. The van der Waals surface area contributed by atoms with Crippen LogP contribution in [0.2, 0.25) is 0 Å². The largest absolute Gasteiger partial charge is 0.352 e. The van der Waals surface area contributed by atoms with Crippen molar-refractivity contribution in [3.8, 4) is 0 Å². The summed E-state index contributed by atoms with van der Waals surface area (Å²) in [4.78, 5) is 30.0. The lowest BCUT2D eigenvalue weighted by atomic mass is 9.94. The molecule has 1 atom stereocenters. The summed E-state index contributed by atoms with van der Waals surface area (Å²) >= 11 is 0. The molecule has 0 aromatic heterocycles. The van der Waals surface area contributed by atoms with Crippen LogP contribution in [-0.4, -0.2) is 43.8 Å². The van der Waals surface area contributed by atoms with E-state index in [1.54, 1.807) is 54.6 Å². The number of hydrogen-bond acceptors (Lipinski definition) is 4. The molecule has 1 aliphatic rings. The fourth-order valence-corrected chi connectivity index (χ4v) is 7.37. The average molecular weight is 642 g/mol. The van der Waals surface area contributed by atoms with Gasteiger partial charge in [0.15, 0.2) is 0 Å². The molecular weight excluding hydrogens is 601 g/mol. The van der Waals surface area contributed by atoms with Gasteiger partial charge in [-0.05, 0) is 61.2 Å². The zero-order valence-corrected chi connectivity index (χ0v) is 26.8. The second kappa shape index (κ2) is 15.2. The molecule has 7 nitrogen and oxygen atoms in total. The minimum absolute atomic E-state index is 0.0211. The lowest BCUT2D eigenvalue weighted by Crippen LogP contribution is -2.55. The maximum atomic E-state index is 15.1. The molecule has 1 fully saturated rings. The van der Waals surface area contributed by atoms with Crippen molar-refractivity contribution < 1.29 is 22.4 Å². The molecule has 0 spiro atoms. The van der Waals surface area contributed by atoms with Gasteiger partial charge in [0.25, 0.3) is 10.0 Å². The molecule has 0 unspecified atom stereocenters. The first-order valence-electron chi connectivity index (χ1n) is 15.7. The molecule has 4 aromatic carbocycles. The second-order valence-corrected chi connectivity index (χ2v) is 13.7. The average Bonchev–Trinajstić information content (AvgIpc) is 3.07. The van der Waals surface area contributed by atoms with Crippen molar-refractivity contribution in [1.29, 1.82) is 0 Å². The third kappa shape index (κ3) is 8.20. The van der Waals surface area contributed by atoms with E-state index in [1.165, 1.54) is 23.1 Å². The molecular formula is C37H40FN3O4S. The molecule has 1 N–H and O–H groups in total. The summed E-state index contributed by atoms with van der Waals surface area (Å²) < 4.78 is 44.4. The fraction of sp³-hybridized carbons (Fsp3) is 0.297. The van der Waals surface area contributed by atoms with Gasteiger partial charge in [-0.1, -0.05) is 98.1 Å². The predicted octanol–water partition coefficient (Wildman–Crippen LogP) is 6.42. The Morgan fingerprint density at radius 1 is 0.848 bits per heavy atom. The maximum Gasteiger partial charge on any atom is 0.264 e. The minimum atomic E-state index is -4.20. The number of nitrogens with one attached hydrogen (secondary N) is 1. The van der Waals surface area contributed by atoms with Gasteiger partial charge in [-0.2, -0.15) is 0 Å². The molecule has 1 aliphatic carbocycles. The highest BCUT2D eigenvalue weighted by atomic mass is 32.2. The van der Waals surface area contributed by atoms with Crippen molar-refractivity contribution in [2.24, 2.45) is 0 Å². The summed E-state index contributed by atoms with van der Waals surface area (Å²) in [5.41, 5.74) is 2.18. The van der Waals surface area contributed by atoms with Crippen molar-refractivity contribution in [2.75, 3.05) is 10.8 Å². The Kier molecular flexibility index (Phi) is 10.9. The first-order valence-corrected chi connectivity index (χ1v) is 17.2. The molecule has 0 bridgehead atoms. The number of halogens is 1. The Bertz CT molecular complexity index is 1730. The molecule has 0 heterocycles. The Hall–Kier alpha value is -4.50. The van der Waals surface area contributed by atoms with E-state index in [0.29, 0.717) is 5.69 Å². The van der Waals surface area contributed by atoms with Gasteiger partial charge >= 0.3 is 0 Å². The highest BCUT2D eigenvalue weighted by Crippen LogP contribution is 2.26. The number of amides is 2. The van der Waals surface area contributed by atoms with E-state index in [9.17, 15) is 18.0 Å². The van der Waals surface area contributed by atoms with Crippen LogP contribution < -0.4 is 9.62 Å². The molecule has 0 saturated heterocycles. The number of nitrogens with zero attached hydrogens (tertiary/aromatic N) is 2. The minimum Gasteiger partial charge on any atom is -0.352 e. The molecule has 46 heavy (non-hydrogen) atoms. The van der Waals surface area contributed by atoms with E-state index >= 15 is 4.39 Å². The fourth-order valence-electron chi connectivity index (χ4n) is 5.94. The molecule has 5 rings (SSSR count). The summed E-state index contributed by atoms with van der Waals surface area (Å²) in [6.45, 7) is 1.04. The van der Waals surface area contributed by atoms with Crippen LogP contribution in [0, 0.1) is 12.7 Å². The van der Waals surface area contributed by atoms with Crippen LogP contribution in [0.15, 0.2) is 114 Å². The van der Waals surface area contributed by atoms with Crippen LogP contribution >= 0.6 is 0 Å². The quantitative estimate of drug-likeness (QED) is 0.194. The summed E-state index contributed by atoms with van der Waals surface area (Å²) in [5, 5.41) is 3.17. The highest BCUT2D eigenvalue weighted by Gasteiger charge is 2.35. The molecule has 1 saturated carbocycles. The van der Waals surface area contributed by atoms with Crippen molar-refractivity contribution in [1.82, 2.24) is 10.2 Å². The lowest BCUT2D eigenvalue weighted by molar-refractivity contribution is -0.140. The van der Waals surface area contributed by atoms with Crippen molar-refractivity contribution >= 4 is 27.5 Å². The van der Waals surface area contributed by atoms with Gasteiger partial charge in [0.1, 0.15) is 18.4 Å². The highest BCUT2D eigenvalue weighted by molar-refractivity contribution is 7.92. The molecule has 240 valence electrons.